The van der Waals surface area contributed by atoms with Crippen molar-refractivity contribution in [2.45, 2.75) is 39.2 Å². The van der Waals surface area contributed by atoms with Crippen LogP contribution in [0.2, 0.25) is 0 Å². The molecule has 108 valence electrons. The van der Waals surface area contributed by atoms with Crippen LogP contribution in [0.5, 0.6) is 0 Å². The van der Waals surface area contributed by atoms with E-state index in [0.717, 1.165) is 25.9 Å². The van der Waals surface area contributed by atoms with Crippen LogP contribution in [0, 0.1) is 5.92 Å². The maximum atomic E-state index is 12.4. The highest BCUT2D eigenvalue weighted by Gasteiger charge is 2.28. The van der Waals surface area contributed by atoms with Crippen LogP contribution in [-0.2, 0) is 10.0 Å². The first-order valence-corrected chi connectivity index (χ1v) is 8.39. The summed E-state index contributed by atoms with van der Waals surface area (Å²) in [6.45, 7) is 6.00. The Bertz CT molecular complexity index is 324. The normalized spacial score (nSPS) is 21.7. The van der Waals surface area contributed by atoms with Crippen molar-refractivity contribution in [3.8, 4) is 0 Å². The predicted octanol–water partition coefficient (Wildman–Crippen LogP) is 0.409. The Kier molecular flexibility index (Phi) is 6.55. The van der Waals surface area contributed by atoms with Gasteiger partial charge in [0.05, 0.1) is 5.75 Å². The minimum absolute atomic E-state index is 0.0315. The molecule has 1 saturated heterocycles. The molecule has 1 rings (SSSR count). The highest BCUT2D eigenvalue weighted by molar-refractivity contribution is 7.89. The lowest BCUT2D eigenvalue weighted by Crippen LogP contribution is -2.43. The van der Waals surface area contributed by atoms with Crippen molar-refractivity contribution >= 4 is 10.0 Å². The number of aliphatic hydroxyl groups is 1. The maximum Gasteiger partial charge on any atom is 0.214 e. The number of nitrogens with zero attached hydrogens (tertiary/aromatic N) is 1. The molecule has 2 N–H and O–H groups in total. The van der Waals surface area contributed by atoms with Crippen molar-refractivity contribution in [3.63, 3.8) is 0 Å². The van der Waals surface area contributed by atoms with E-state index in [1.54, 1.807) is 0 Å². The summed E-state index contributed by atoms with van der Waals surface area (Å²) in [4.78, 5) is 0. The number of rotatable bonds is 7. The molecule has 1 atom stereocenters. The molecule has 1 aliphatic heterocycles. The van der Waals surface area contributed by atoms with Crippen LogP contribution in [0.25, 0.3) is 0 Å². The molecule has 0 aromatic rings. The molecule has 1 unspecified atom stereocenters. The number of hydrogen-bond acceptors (Lipinski definition) is 4. The second-order valence-electron chi connectivity index (χ2n) is 5.27. The molecule has 0 radical (unpaired) electrons. The fourth-order valence-electron chi connectivity index (χ4n) is 2.40. The number of aliphatic hydroxyl groups excluding tert-OH is 1. The Labute approximate surface area is 111 Å². The number of nitrogens with one attached hydrogen (secondary N) is 1. The highest BCUT2D eigenvalue weighted by atomic mass is 32.2. The van der Waals surface area contributed by atoms with Crippen LogP contribution in [-0.4, -0.2) is 55.9 Å². The van der Waals surface area contributed by atoms with E-state index in [0.29, 0.717) is 13.0 Å². The predicted molar refractivity (Wildman–Crippen MR) is 72.9 cm³/mol. The van der Waals surface area contributed by atoms with Crippen LogP contribution in [0.4, 0.5) is 0 Å². The third-order valence-electron chi connectivity index (χ3n) is 3.32. The van der Waals surface area contributed by atoms with Crippen molar-refractivity contribution in [1.29, 1.82) is 0 Å². The Morgan fingerprint density at radius 3 is 2.67 bits per heavy atom. The largest absolute Gasteiger partial charge is 0.396 e. The molecule has 1 fully saturated rings. The Morgan fingerprint density at radius 1 is 1.44 bits per heavy atom. The van der Waals surface area contributed by atoms with Gasteiger partial charge in [0, 0.05) is 19.2 Å². The summed E-state index contributed by atoms with van der Waals surface area (Å²) in [6.07, 6.45) is 2.54. The third kappa shape index (κ3) is 4.84. The number of hydrogen-bond donors (Lipinski definition) is 2. The summed E-state index contributed by atoms with van der Waals surface area (Å²) in [7, 11) is -3.21. The van der Waals surface area contributed by atoms with Crippen molar-refractivity contribution in [1.82, 2.24) is 9.62 Å². The van der Waals surface area contributed by atoms with Gasteiger partial charge in [-0.3, -0.25) is 0 Å². The zero-order valence-corrected chi connectivity index (χ0v) is 12.2. The van der Waals surface area contributed by atoms with Gasteiger partial charge in [0.2, 0.25) is 10.0 Å². The molecule has 0 aliphatic carbocycles. The minimum atomic E-state index is -3.21. The van der Waals surface area contributed by atoms with Gasteiger partial charge in [-0.25, -0.2) is 8.42 Å². The monoisotopic (exact) mass is 278 g/mol. The molecular weight excluding hydrogens is 252 g/mol. The van der Waals surface area contributed by atoms with E-state index in [1.165, 1.54) is 4.31 Å². The van der Waals surface area contributed by atoms with Crippen LogP contribution >= 0.6 is 0 Å². The average Bonchev–Trinajstić information content (AvgIpc) is 2.29. The molecule has 0 amide bonds. The van der Waals surface area contributed by atoms with Crippen LogP contribution in [0.3, 0.4) is 0 Å². The highest BCUT2D eigenvalue weighted by Crippen LogP contribution is 2.17. The molecule has 1 aliphatic rings. The van der Waals surface area contributed by atoms with E-state index in [9.17, 15) is 8.42 Å². The second-order valence-corrected chi connectivity index (χ2v) is 7.24. The van der Waals surface area contributed by atoms with Crippen LogP contribution in [0.1, 0.15) is 33.1 Å². The fourth-order valence-corrected chi connectivity index (χ4v) is 4.53. The summed E-state index contributed by atoms with van der Waals surface area (Å²) in [6, 6.07) is -0.0434. The third-order valence-corrected chi connectivity index (χ3v) is 5.53. The zero-order chi connectivity index (χ0) is 13.6. The molecule has 0 bridgehead atoms. The van der Waals surface area contributed by atoms with Gasteiger partial charge in [-0.2, -0.15) is 4.31 Å². The molecule has 0 aromatic heterocycles. The van der Waals surface area contributed by atoms with Gasteiger partial charge in [-0.15, -0.1) is 0 Å². The first-order valence-electron chi connectivity index (χ1n) is 6.78. The standard InChI is InChI=1S/C12H26N2O3S/c1-11(2)14(7-4-8-15)18(16,17)10-12-5-3-6-13-9-12/h11-13,15H,3-10H2,1-2H3. The van der Waals surface area contributed by atoms with Gasteiger partial charge < -0.3 is 10.4 Å². The molecule has 18 heavy (non-hydrogen) atoms. The maximum absolute atomic E-state index is 12.4. The summed E-state index contributed by atoms with van der Waals surface area (Å²) < 4.78 is 26.3. The fraction of sp³-hybridized carbons (Fsp3) is 1.00. The van der Waals surface area contributed by atoms with E-state index in [4.69, 9.17) is 5.11 Å². The quantitative estimate of drug-likeness (QED) is 0.707. The smallest absolute Gasteiger partial charge is 0.214 e. The van der Waals surface area contributed by atoms with Gasteiger partial charge in [0.25, 0.3) is 0 Å². The second kappa shape index (κ2) is 7.43. The lowest BCUT2D eigenvalue weighted by atomic mass is 10.0. The van der Waals surface area contributed by atoms with Crippen molar-refractivity contribution in [2.24, 2.45) is 5.92 Å². The van der Waals surface area contributed by atoms with E-state index in [2.05, 4.69) is 5.32 Å². The molecule has 0 aromatic carbocycles. The minimum Gasteiger partial charge on any atom is -0.396 e. The van der Waals surface area contributed by atoms with Gasteiger partial charge >= 0.3 is 0 Å². The van der Waals surface area contributed by atoms with Gasteiger partial charge in [-0.05, 0) is 52.1 Å². The van der Waals surface area contributed by atoms with E-state index < -0.39 is 10.0 Å². The summed E-state index contributed by atoms with van der Waals surface area (Å²) in [5.74, 6) is 0.447. The Morgan fingerprint density at radius 2 is 2.17 bits per heavy atom. The number of piperidine rings is 1. The molecule has 0 saturated carbocycles. The average molecular weight is 278 g/mol. The SMILES string of the molecule is CC(C)N(CCCO)S(=O)(=O)CC1CCCNC1. The molecule has 6 heteroatoms. The van der Waals surface area contributed by atoms with Crippen molar-refractivity contribution < 1.29 is 13.5 Å². The molecule has 5 nitrogen and oxygen atoms in total. The van der Waals surface area contributed by atoms with Gasteiger partial charge in [0.1, 0.15) is 0 Å². The van der Waals surface area contributed by atoms with E-state index >= 15 is 0 Å². The lowest BCUT2D eigenvalue weighted by molar-refractivity contribution is 0.257. The molecule has 0 spiro atoms. The molecule has 1 heterocycles. The van der Waals surface area contributed by atoms with Crippen molar-refractivity contribution in [2.75, 3.05) is 32.0 Å². The molecular formula is C12H26N2O3S. The van der Waals surface area contributed by atoms with Gasteiger partial charge in [0.15, 0.2) is 0 Å². The van der Waals surface area contributed by atoms with E-state index in [-0.39, 0.29) is 24.3 Å². The van der Waals surface area contributed by atoms with E-state index in [1.807, 2.05) is 13.8 Å². The Balaban J connectivity index is 2.62. The first kappa shape index (κ1) is 15.9. The lowest BCUT2D eigenvalue weighted by Gasteiger charge is -2.29. The topological polar surface area (TPSA) is 69.6 Å². The summed E-state index contributed by atoms with van der Waals surface area (Å²) in [5.41, 5.74) is 0. The van der Waals surface area contributed by atoms with Crippen molar-refractivity contribution in [3.05, 3.63) is 0 Å². The summed E-state index contributed by atoms with van der Waals surface area (Å²) >= 11 is 0. The summed E-state index contributed by atoms with van der Waals surface area (Å²) in [5, 5.41) is 12.1. The Hall–Kier alpha value is -0.170. The van der Waals surface area contributed by atoms with Gasteiger partial charge in [-0.1, -0.05) is 0 Å². The zero-order valence-electron chi connectivity index (χ0n) is 11.4. The first-order chi connectivity index (χ1) is 8.47. The van der Waals surface area contributed by atoms with Crippen LogP contribution in [0.15, 0.2) is 0 Å². The number of sulfonamides is 1. The van der Waals surface area contributed by atoms with Crippen LogP contribution < -0.4 is 5.32 Å².